The molecular formula is C26H29N3O6. The number of carbonyl (C=O) groups is 4. The molecule has 0 bridgehead atoms. The summed E-state index contributed by atoms with van der Waals surface area (Å²) in [6, 6.07) is 11.5. The minimum atomic E-state index is -1.59. The number of methoxy groups -OCH3 is 2. The normalized spacial score (nSPS) is 25.5. The van der Waals surface area contributed by atoms with Crippen molar-refractivity contribution in [3.05, 3.63) is 42.0 Å². The summed E-state index contributed by atoms with van der Waals surface area (Å²) in [6.07, 6.45) is 0. The van der Waals surface area contributed by atoms with Gasteiger partial charge in [0.15, 0.2) is 0 Å². The van der Waals surface area contributed by atoms with Crippen molar-refractivity contribution < 1.29 is 28.7 Å². The minimum Gasteiger partial charge on any atom is -0.469 e. The van der Waals surface area contributed by atoms with Gasteiger partial charge in [0.1, 0.15) is 0 Å². The third kappa shape index (κ3) is 3.37. The van der Waals surface area contributed by atoms with E-state index in [4.69, 9.17) is 9.47 Å². The number of hydrogen-bond acceptors (Lipinski definition) is 6. The first-order valence-corrected chi connectivity index (χ1v) is 11.2. The van der Waals surface area contributed by atoms with Crippen molar-refractivity contribution in [2.75, 3.05) is 26.6 Å². The first-order chi connectivity index (χ1) is 16.5. The molecule has 3 N–H and O–H groups in total. The van der Waals surface area contributed by atoms with E-state index >= 15 is 0 Å². The van der Waals surface area contributed by atoms with Crippen LogP contribution in [-0.2, 0) is 28.7 Å². The average Bonchev–Trinajstić information content (AvgIpc) is 3.19. The van der Waals surface area contributed by atoms with Gasteiger partial charge < -0.3 is 25.1 Å². The summed E-state index contributed by atoms with van der Waals surface area (Å²) < 4.78 is 9.91. The SMILES string of the molecule is CNC(=O)C1(C)C(C(=O)OC)C(C)(C(=O)Nc2ccc3[nH]c4ccc(C)cc4c3c2)C1C(=O)OC. The Kier molecular flexibility index (Phi) is 5.82. The molecule has 9 heteroatoms. The molecule has 2 atom stereocenters. The lowest BCUT2D eigenvalue weighted by atomic mass is 9.39. The van der Waals surface area contributed by atoms with Crippen molar-refractivity contribution in [2.24, 2.45) is 22.7 Å². The molecular weight excluding hydrogens is 450 g/mol. The maximum absolute atomic E-state index is 13.7. The Balaban J connectivity index is 1.77. The van der Waals surface area contributed by atoms with E-state index in [9.17, 15) is 19.2 Å². The van der Waals surface area contributed by atoms with Crippen LogP contribution in [0.4, 0.5) is 5.69 Å². The quantitative estimate of drug-likeness (QED) is 0.483. The van der Waals surface area contributed by atoms with Crippen molar-refractivity contribution in [1.29, 1.82) is 0 Å². The third-order valence-electron chi connectivity index (χ3n) is 7.49. The Hall–Kier alpha value is -3.88. The van der Waals surface area contributed by atoms with Crippen LogP contribution >= 0.6 is 0 Å². The highest BCUT2D eigenvalue weighted by molar-refractivity contribution is 6.11. The summed E-state index contributed by atoms with van der Waals surface area (Å²) >= 11 is 0. The predicted octanol–water partition coefficient (Wildman–Crippen LogP) is 2.92. The number of ether oxygens (including phenoxy) is 2. The molecule has 1 aliphatic carbocycles. The highest BCUT2D eigenvalue weighted by Gasteiger charge is 2.78. The molecule has 0 radical (unpaired) electrons. The number of amides is 2. The number of esters is 2. The van der Waals surface area contributed by atoms with E-state index in [1.54, 1.807) is 6.07 Å². The molecule has 3 aromatic rings. The number of H-pyrrole nitrogens is 1. The van der Waals surface area contributed by atoms with Crippen molar-refractivity contribution in [3.8, 4) is 0 Å². The van der Waals surface area contributed by atoms with Crippen LogP contribution in [0.15, 0.2) is 36.4 Å². The lowest BCUT2D eigenvalue weighted by Crippen LogP contribution is -2.75. The van der Waals surface area contributed by atoms with Gasteiger partial charge in [0.2, 0.25) is 11.8 Å². The van der Waals surface area contributed by atoms with Gasteiger partial charge in [-0.25, -0.2) is 0 Å². The summed E-state index contributed by atoms with van der Waals surface area (Å²) in [5, 5.41) is 7.29. The van der Waals surface area contributed by atoms with Crippen LogP contribution in [-0.4, -0.2) is 50.0 Å². The van der Waals surface area contributed by atoms with E-state index in [0.29, 0.717) is 5.69 Å². The second-order valence-electron chi connectivity index (χ2n) is 9.45. The van der Waals surface area contributed by atoms with Gasteiger partial charge in [-0.2, -0.15) is 0 Å². The number of aryl methyl sites for hydroxylation is 1. The Bertz CT molecular complexity index is 1350. The number of aromatic nitrogens is 1. The van der Waals surface area contributed by atoms with Crippen LogP contribution in [0.1, 0.15) is 19.4 Å². The van der Waals surface area contributed by atoms with Crippen LogP contribution in [0.25, 0.3) is 21.8 Å². The number of aromatic amines is 1. The predicted molar refractivity (Wildman–Crippen MR) is 130 cm³/mol. The van der Waals surface area contributed by atoms with Gasteiger partial charge in [0, 0.05) is 34.5 Å². The molecule has 2 unspecified atom stereocenters. The van der Waals surface area contributed by atoms with Crippen LogP contribution in [0.3, 0.4) is 0 Å². The molecule has 184 valence electrons. The monoisotopic (exact) mass is 479 g/mol. The first kappa shape index (κ1) is 24.3. The molecule has 9 nitrogen and oxygen atoms in total. The summed E-state index contributed by atoms with van der Waals surface area (Å²) in [7, 11) is 3.77. The van der Waals surface area contributed by atoms with Crippen LogP contribution in [0.5, 0.6) is 0 Å². The van der Waals surface area contributed by atoms with Gasteiger partial charge in [-0.05, 0) is 51.1 Å². The summed E-state index contributed by atoms with van der Waals surface area (Å²) in [6.45, 7) is 4.97. The van der Waals surface area contributed by atoms with Crippen molar-refractivity contribution >= 4 is 51.2 Å². The Morgan fingerprint density at radius 1 is 0.829 bits per heavy atom. The number of anilines is 1. The van der Waals surface area contributed by atoms with Gasteiger partial charge in [0.25, 0.3) is 0 Å². The maximum Gasteiger partial charge on any atom is 0.310 e. The zero-order valence-electron chi connectivity index (χ0n) is 20.6. The zero-order chi connectivity index (χ0) is 25.7. The minimum absolute atomic E-state index is 0.493. The van der Waals surface area contributed by atoms with E-state index in [2.05, 4.69) is 21.7 Å². The number of carbonyl (C=O) groups excluding carboxylic acids is 4. The highest BCUT2D eigenvalue weighted by atomic mass is 16.5. The fourth-order valence-corrected chi connectivity index (χ4v) is 5.85. The lowest BCUT2D eigenvalue weighted by molar-refractivity contribution is -0.217. The largest absolute Gasteiger partial charge is 0.469 e. The van der Waals surface area contributed by atoms with Crippen molar-refractivity contribution in [2.45, 2.75) is 20.8 Å². The van der Waals surface area contributed by atoms with Gasteiger partial charge in [-0.1, -0.05) is 11.6 Å². The number of hydrogen-bond donors (Lipinski definition) is 3. The third-order valence-corrected chi connectivity index (χ3v) is 7.49. The smallest absolute Gasteiger partial charge is 0.310 e. The van der Waals surface area contributed by atoms with Gasteiger partial charge in [-0.3, -0.25) is 19.2 Å². The number of rotatable bonds is 5. The molecule has 1 aliphatic rings. The molecule has 1 saturated carbocycles. The Morgan fingerprint density at radius 2 is 1.34 bits per heavy atom. The summed E-state index contributed by atoms with van der Waals surface area (Å²) in [4.78, 5) is 55.6. The summed E-state index contributed by atoms with van der Waals surface area (Å²) in [5.41, 5.74) is 0.354. The average molecular weight is 480 g/mol. The molecule has 2 amide bonds. The zero-order valence-corrected chi connectivity index (χ0v) is 20.6. The molecule has 2 aromatic carbocycles. The molecule has 0 spiro atoms. The fraction of sp³-hybridized carbons (Fsp3) is 0.385. The van der Waals surface area contributed by atoms with Gasteiger partial charge in [-0.15, -0.1) is 0 Å². The molecule has 1 fully saturated rings. The van der Waals surface area contributed by atoms with E-state index in [0.717, 1.165) is 27.4 Å². The van der Waals surface area contributed by atoms with Gasteiger partial charge in [0.05, 0.1) is 36.9 Å². The van der Waals surface area contributed by atoms with E-state index in [1.807, 2.05) is 31.2 Å². The van der Waals surface area contributed by atoms with Crippen LogP contribution in [0, 0.1) is 29.6 Å². The van der Waals surface area contributed by atoms with Crippen LogP contribution < -0.4 is 10.6 Å². The van der Waals surface area contributed by atoms with Gasteiger partial charge >= 0.3 is 11.9 Å². The van der Waals surface area contributed by atoms with Crippen LogP contribution in [0.2, 0.25) is 0 Å². The Morgan fingerprint density at radius 3 is 1.89 bits per heavy atom. The standard InChI is InChI=1S/C26H29N3O6/c1-13-7-9-17-15(11-13)16-12-14(8-10-18(16)29-17)28-24(33)26(3)19(21(30)34-5)25(2,23(32)27-4)20(26)22(31)35-6/h7-12,19-20,29H,1-6H3,(H,27,32)(H,28,33). The van der Waals surface area contributed by atoms with E-state index < -0.39 is 46.4 Å². The lowest BCUT2D eigenvalue weighted by Gasteiger charge is -2.60. The molecule has 1 aromatic heterocycles. The molecule has 0 aliphatic heterocycles. The molecule has 4 rings (SSSR count). The number of benzene rings is 2. The van der Waals surface area contributed by atoms with Crippen molar-refractivity contribution in [1.82, 2.24) is 10.3 Å². The fourth-order valence-electron chi connectivity index (χ4n) is 5.85. The molecule has 35 heavy (non-hydrogen) atoms. The number of nitrogens with one attached hydrogen (secondary N) is 3. The second kappa shape index (κ2) is 8.41. The second-order valence-corrected chi connectivity index (χ2v) is 9.45. The first-order valence-electron chi connectivity index (χ1n) is 11.2. The Labute approximate surface area is 202 Å². The molecule has 0 saturated heterocycles. The topological polar surface area (TPSA) is 127 Å². The van der Waals surface area contributed by atoms with Crippen molar-refractivity contribution in [3.63, 3.8) is 0 Å². The van der Waals surface area contributed by atoms with E-state index in [1.165, 1.54) is 35.1 Å². The molecule has 1 heterocycles. The maximum atomic E-state index is 13.7. The highest BCUT2D eigenvalue weighted by Crippen LogP contribution is 2.65. The van der Waals surface area contributed by atoms with E-state index in [-0.39, 0.29) is 0 Å². The number of fused-ring (bicyclic) bond motifs is 3. The summed E-state index contributed by atoms with van der Waals surface area (Å²) in [5.74, 6) is -5.05.